The second kappa shape index (κ2) is 12.5. The van der Waals surface area contributed by atoms with Gasteiger partial charge < -0.3 is 15.4 Å². The van der Waals surface area contributed by atoms with Crippen LogP contribution in [0.5, 0.6) is 0 Å². The minimum atomic E-state index is -5.24. The Morgan fingerprint density at radius 1 is 1.14 bits per heavy atom. The molecule has 2 heterocycles. The van der Waals surface area contributed by atoms with E-state index in [0.717, 1.165) is 52.2 Å². The fourth-order valence-corrected chi connectivity index (χ4v) is 4.25. The molecule has 8 nitrogen and oxygen atoms in total. The van der Waals surface area contributed by atoms with E-state index in [0.29, 0.717) is 23.1 Å². The van der Waals surface area contributed by atoms with Gasteiger partial charge in [0.05, 0.1) is 13.2 Å². The molecule has 2 N–H and O–H groups in total. The Kier molecular flexibility index (Phi) is 11.5. The molecule has 0 spiro atoms. The van der Waals surface area contributed by atoms with Crippen molar-refractivity contribution in [1.82, 2.24) is 19.8 Å². The molecule has 2 rings (SSSR count). The van der Waals surface area contributed by atoms with Gasteiger partial charge in [-0.1, -0.05) is 0 Å². The molecule has 2 fully saturated rings. The normalized spacial score (nSPS) is 20.9. The van der Waals surface area contributed by atoms with Gasteiger partial charge in [0.25, 0.3) is 0 Å². The van der Waals surface area contributed by atoms with E-state index in [2.05, 4.69) is 20.5 Å². The van der Waals surface area contributed by atoms with Crippen LogP contribution < -0.4 is 10.6 Å². The maximum Gasteiger partial charge on any atom is 0.511 e. The first-order valence-corrected chi connectivity index (χ1v) is 11.0. The number of sulfonamides is 1. The number of alkyl halides is 3. The fourth-order valence-electron chi connectivity index (χ4n) is 3.27. The van der Waals surface area contributed by atoms with Crippen LogP contribution in [0.4, 0.5) is 13.2 Å². The third kappa shape index (κ3) is 8.34. The number of guanidine groups is 1. The Morgan fingerprint density at radius 3 is 2.31 bits per heavy atom. The van der Waals surface area contributed by atoms with Crippen molar-refractivity contribution in [3.05, 3.63) is 0 Å². The number of morpholine rings is 1. The number of nitrogens with one attached hydrogen (secondary N) is 2. The first kappa shape index (κ1) is 26.7. The van der Waals surface area contributed by atoms with Crippen LogP contribution in [-0.2, 0) is 14.8 Å². The zero-order valence-corrected chi connectivity index (χ0v) is 19.7. The highest BCUT2D eigenvalue weighted by Crippen LogP contribution is 2.28. The predicted octanol–water partition coefficient (Wildman–Crippen LogP) is 1.20. The van der Waals surface area contributed by atoms with E-state index in [1.165, 1.54) is 0 Å². The van der Waals surface area contributed by atoms with Gasteiger partial charge in [-0.2, -0.15) is 17.5 Å². The summed E-state index contributed by atoms with van der Waals surface area (Å²) in [4.78, 5) is 6.51. The second-order valence-corrected chi connectivity index (χ2v) is 8.86. The average molecular weight is 557 g/mol. The zero-order valence-electron chi connectivity index (χ0n) is 16.6. The van der Waals surface area contributed by atoms with Crippen LogP contribution >= 0.6 is 24.0 Å². The van der Waals surface area contributed by atoms with E-state index in [-0.39, 0.29) is 43.1 Å². The Labute approximate surface area is 187 Å². The van der Waals surface area contributed by atoms with Crippen LogP contribution in [0.1, 0.15) is 25.7 Å². The topological polar surface area (TPSA) is 86.3 Å². The lowest BCUT2D eigenvalue weighted by molar-refractivity contribution is -0.0494. The summed E-state index contributed by atoms with van der Waals surface area (Å²) in [6.07, 6.45) is 2.62. The quantitative estimate of drug-likeness (QED) is 0.212. The van der Waals surface area contributed by atoms with E-state index in [1.54, 1.807) is 7.05 Å². The molecule has 0 aliphatic carbocycles. The summed E-state index contributed by atoms with van der Waals surface area (Å²) in [5.74, 6) is 0.587. The Balaban J connectivity index is 0.00000420. The van der Waals surface area contributed by atoms with Crippen LogP contribution in [0, 0.1) is 0 Å². The summed E-state index contributed by atoms with van der Waals surface area (Å²) in [6.45, 7) is 4.98. The summed E-state index contributed by atoms with van der Waals surface area (Å²) in [6, 6.07) is -0.112. The summed E-state index contributed by atoms with van der Waals surface area (Å²) >= 11 is 0. The van der Waals surface area contributed by atoms with E-state index in [1.807, 2.05) is 0 Å². The molecule has 2 aliphatic rings. The van der Waals surface area contributed by atoms with Gasteiger partial charge in [-0.3, -0.25) is 9.89 Å². The molecule has 0 aromatic rings. The minimum absolute atomic E-state index is 0. The number of rotatable bonds is 7. The van der Waals surface area contributed by atoms with Gasteiger partial charge in [0.2, 0.25) is 0 Å². The van der Waals surface area contributed by atoms with Gasteiger partial charge in [-0.25, -0.2) is 8.42 Å². The lowest BCUT2D eigenvalue weighted by Gasteiger charge is -2.32. The standard InChI is InChI=1S/C16H30F3N5O3S.HI/c1-20-15(21-6-2-3-7-23-10-12-27-13-11-23)22-14-4-8-24(9-5-14)28(25,26)16(17,18)19;/h14H,2-13H2,1H3,(H2,20,21,22);1H. The van der Waals surface area contributed by atoms with E-state index < -0.39 is 15.5 Å². The molecule has 0 bridgehead atoms. The molecule has 0 aromatic carbocycles. The number of aliphatic imine (C=N–C) groups is 1. The number of hydrogen-bond donors (Lipinski definition) is 2. The van der Waals surface area contributed by atoms with Crippen molar-refractivity contribution in [3.63, 3.8) is 0 Å². The van der Waals surface area contributed by atoms with Gasteiger partial charge in [-0.05, 0) is 32.2 Å². The average Bonchev–Trinajstić information content (AvgIpc) is 2.67. The summed E-state index contributed by atoms with van der Waals surface area (Å²) in [7, 11) is -3.61. The fraction of sp³-hybridized carbons (Fsp3) is 0.938. The third-order valence-corrected chi connectivity index (χ3v) is 6.58. The third-order valence-electron chi connectivity index (χ3n) is 4.95. The lowest BCUT2D eigenvalue weighted by Crippen LogP contribution is -2.51. The summed E-state index contributed by atoms with van der Waals surface area (Å²) in [5.41, 5.74) is -5.24. The van der Waals surface area contributed by atoms with Crippen molar-refractivity contribution in [2.75, 3.05) is 59.5 Å². The van der Waals surface area contributed by atoms with Crippen LogP contribution in [0.2, 0.25) is 0 Å². The van der Waals surface area contributed by atoms with Gasteiger partial charge in [-0.15, -0.1) is 24.0 Å². The molecule has 2 aliphatic heterocycles. The molecule has 172 valence electrons. The van der Waals surface area contributed by atoms with Crippen LogP contribution in [0.25, 0.3) is 0 Å². The van der Waals surface area contributed by atoms with Crippen molar-refractivity contribution in [3.8, 4) is 0 Å². The number of halogens is 4. The smallest absolute Gasteiger partial charge is 0.379 e. The van der Waals surface area contributed by atoms with Crippen LogP contribution in [-0.4, -0.2) is 94.7 Å². The highest BCUT2D eigenvalue weighted by molar-refractivity contribution is 14.0. The monoisotopic (exact) mass is 557 g/mol. The zero-order chi connectivity index (χ0) is 20.6. The van der Waals surface area contributed by atoms with Crippen LogP contribution in [0.3, 0.4) is 0 Å². The second-order valence-electron chi connectivity index (χ2n) is 6.93. The largest absolute Gasteiger partial charge is 0.511 e. The molecule has 0 atom stereocenters. The molecule has 0 unspecified atom stereocenters. The summed E-state index contributed by atoms with van der Waals surface area (Å²) < 4.78 is 66.6. The molecular weight excluding hydrogens is 526 g/mol. The molecule has 0 amide bonds. The van der Waals surface area contributed by atoms with Crippen molar-refractivity contribution in [2.24, 2.45) is 4.99 Å². The Morgan fingerprint density at radius 2 is 1.76 bits per heavy atom. The molecule has 29 heavy (non-hydrogen) atoms. The number of nitrogens with zero attached hydrogens (tertiary/aromatic N) is 3. The van der Waals surface area contributed by atoms with Crippen molar-refractivity contribution < 1.29 is 26.3 Å². The maximum absolute atomic E-state index is 12.6. The van der Waals surface area contributed by atoms with Crippen molar-refractivity contribution >= 4 is 40.0 Å². The first-order chi connectivity index (χ1) is 13.2. The molecule has 13 heteroatoms. The van der Waals surface area contributed by atoms with Crippen molar-refractivity contribution in [2.45, 2.75) is 37.2 Å². The number of ether oxygens (including phenoxy) is 1. The Hall–Kier alpha value is -0.380. The molecule has 0 saturated carbocycles. The summed E-state index contributed by atoms with van der Waals surface area (Å²) in [5, 5.41) is 6.37. The lowest BCUT2D eigenvalue weighted by atomic mass is 10.1. The molecule has 0 aromatic heterocycles. The highest BCUT2D eigenvalue weighted by Gasteiger charge is 2.50. The molecule has 0 radical (unpaired) electrons. The first-order valence-electron chi connectivity index (χ1n) is 9.58. The molecular formula is C16H31F3IN5O3S. The molecule has 2 saturated heterocycles. The van der Waals surface area contributed by atoms with E-state index in [9.17, 15) is 21.6 Å². The Bertz CT molecular complexity index is 607. The SMILES string of the molecule is CN=C(NCCCCN1CCOCC1)NC1CCN(S(=O)(=O)C(F)(F)F)CC1.I. The van der Waals surface area contributed by atoms with Gasteiger partial charge in [0.1, 0.15) is 0 Å². The number of piperidine rings is 1. The predicted molar refractivity (Wildman–Crippen MR) is 116 cm³/mol. The van der Waals surface area contributed by atoms with E-state index in [4.69, 9.17) is 4.74 Å². The maximum atomic E-state index is 12.6. The van der Waals surface area contributed by atoms with Gasteiger partial charge in [0.15, 0.2) is 5.96 Å². The van der Waals surface area contributed by atoms with Gasteiger partial charge >= 0.3 is 15.5 Å². The van der Waals surface area contributed by atoms with Gasteiger partial charge in [0, 0.05) is 45.8 Å². The highest BCUT2D eigenvalue weighted by atomic mass is 127. The van der Waals surface area contributed by atoms with Crippen molar-refractivity contribution in [1.29, 1.82) is 0 Å². The minimum Gasteiger partial charge on any atom is -0.379 e. The van der Waals surface area contributed by atoms with Crippen LogP contribution in [0.15, 0.2) is 4.99 Å². The van der Waals surface area contributed by atoms with E-state index >= 15 is 0 Å². The number of hydrogen-bond acceptors (Lipinski definition) is 5. The number of unbranched alkanes of at least 4 members (excludes halogenated alkanes) is 1.